The largest absolute Gasteiger partial charge is 0.441 e. The van der Waals surface area contributed by atoms with E-state index < -0.39 is 11.6 Å². The molecule has 1 fully saturated rings. The molecule has 1 aromatic heterocycles. The van der Waals surface area contributed by atoms with E-state index in [1.807, 2.05) is 0 Å². The molecule has 30 heavy (non-hydrogen) atoms. The maximum Gasteiger partial charge on any atom is 0.236 e. The summed E-state index contributed by atoms with van der Waals surface area (Å²) in [5, 5.41) is 0. The molecule has 2 heterocycles. The number of amides is 2. The maximum absolute atomic E-state index is 13.9. The number of likely N-dealkylation sites (N-methyl/N-ethyl adjacent to an activating group) is 1. The van der Waals surface area contributed by atoms with Crippen molar-refractivity contribution in [3.05, 3.63) is 41.9 Å². The average molecular weight is 420 g/mol. The van der Waals surface area contributed by atoms with Crippen LogP contribution in [-0.2, 0) is 16.0 Å². The van der Waals surface area contributed by atoms with E-state index in [2.05, 4.69) is 9.88 Å². The Morgan fingerprint density at radius 3 is 2.57 bits per heavy atom. The number of carbonyl (C=O) groups excluding carboxylic acids is 2. The Labute approximate surface area is 174 Å². The second-order valence-corrected chi connectivity index (χ2v) is 7.51. The van der Waals surface area contributed by atoms with E-state index in [1.165, 1.54) is 12.3 Å². The minimum Gasteiger partial charge on any atom is -0.441 e. The van der Waals surface area contributed by atoms with Crippen LogP contribution in [0.1, 0.15) is 18.7 Å². The van der Waals surface area contributed by atoms with Gasteiger partial charge >= 0.3 is 0 Å². The van der Waals surface area contributed by atoms with Crippen molar-refractivity contribution in [2.24, 2.45) is 0 Å². The second-order valence-electron chi connectivity index (χ2n) is 7.51. The molecule has 1 aromatic carbocycles. The zero-order valence-corrected chi connectivity index (χ0v) is 17.2. The summed E-state index contributed by atoms with van der Waals surface area (Å²) < 4.78 is 33.2. The molecule has 0 bridgehead atoms. The minimum atomic E-state index is -0.726. The van der Waals surface area contributed by atoms with Crippen molar-refractivity contribution in [1.29, 1.82) is 0 Å². The third-order valence-electron chi connectivity index (χ3n) is 5.11. The van der Waals surface area contributed by atoms with E-state index in [1.54, 1.807) is 23.9 Å². The highest BCUT2D eigenvalue weighted by atomic mass is 19.1. The van der Waals surface area contributed by atoms with Crippen molar-refractivity contribution in [3.63, 3.8) is 0 Å². The maximum atomic E-state index is 13.9. The highest BCUT2D eigenvalue weighted by molar-refractivity contribution is 5.78. The molecular formula is C21H26F2N4O3. The predicted molar refractivity (Wildman–Crippen MR) is 107 cm³/mol. The van der Waals surface area contributed by atoms with Gasteiger partial charge in [-0.2, -0.15) is 0 Å². The topological polar surface area (TPSA) is 69.9 Å². The highest BCUT2D eigenvalue weighted by Gasteiger charge is 2.22. The number of rotatable bonds is 6. The van der Waals surface area contributed by atoms with Crippen LogP contribution in [0.5, 0.6) is 0 Å². The predicted octanol–water partition coefficient (Wildman–Crippen LogP) is 2.17. The fourth-order valence-electron chi connectivity index (χ4n) is 3.36. The molecule has 0 aliphatic carbocycles. The first kappa shape index (κ1) is 21.9. The lowest BCUT2D eigenvalue weighted by molar-refractivity contribution is -0.131. The lowest BCUT2D eigenvalue weighted by atomic mass is 10.1. The number of oxazole rings is 1. The van der Waals surface area contributed by atoms with Crippen molar-refractivity contribution in [2.45, 2.75) is 19.3 Å². The Morgan fingerprint density at radius 1 is 1.13 bits per heavy atom. The van der Waals surface area contributed by atoms with E-state index in [0.717, 1.165) is 25.1 Å². The zero-order valence-electron chi connectivity index (χ0n) is 17.2. The Kier molecular flexibility index (Phi) is 7.15. The lowest BCUT2D eigenvalue weighted by Gasteiger charge is -2.22. The van der Waals surface area contributed by atoms with Crippen molar-refractivity contribution in [1.82, 2.24) is 19.7 Å². The number of aromatic nitrogens is 1. The molecule has 9 heteroatoms. The quantitative estimate of drug-likeness (QED) is 0.717. The molecule has 162 valence electrons. The number of hydrogen-bond acceptors (Lipinski definition) is 5. The summed E-state index contributed by atoms with van der Waals surface area (Å²) in [4.78, 5) is 33.9. The molecule has 0 radical (unpaired) electrons. The summed E-state index contributed by atoms with van der Waals surface area (Å²) in [7, 11) is 3.45. The van der Waals surface area contributed by atoms with Gasteiger partial charge in [0.1, 0.15) is 11.6 Å². The molecule has 0 saturated carbocycles. The van der Waals surface area contributed by atoms with Crippen molar-refractivity contribution in [2.75, 3.05) is 46.8 Å². The first-order chi connectivity index (χ1) is 14.3. The number of carbonyl (C=O) groups is 2. The summed E-state index contributed by atoms with van der Waals surface area (Å²) in [6, 6.07) is 3.58. The molecule has 0 N–H and O–H groups in total. The number of hydrogen-bond donors (Lipinski definition) is 0. The van der Waals surface area contributed by atoms with Crippen LogP contribution in [0.3, 0.4) is 0 Å². The van der Waals surface area contributed by atoms with Gasteiger partial charge in [-0.25, -0.2) is 13.8 Å². The molecule has 7 nitrogen and oxygen atoms in total. The molecule has 0 atom stereocenters. The number of nitrogens with zero attached hydrogens (tertiary/aromatic N) is 4. The minimum absolute atomic E-state index is 0.00372. The summed E-state index contributed by atoms with van der Waals surface area (Å²) in [6.07, 6.45) is 2.50. The van der Waals surface area contributed by atoms with E-state index in [4.69, 9.17) is 4.42 Å². The van der Waals surface area contributed by atoms with Crippen LogP contribution in [0.2, 0.25) is 0 Å². The van der Waals surface area contributed by atoms with Crippen LogP contribution in [0.4, 0.5) is 8.78 Å². The van der Waals surface area contributed by atoms with Gasteiger partial charge in [0.05, 0.1) is 18.3 Å². The normalized spacial score (nSPS) is 15.1. The van der Waals surface area contributed by atoms with Gasteiger partial charge in [-0.3, -0.25) is 14.5 Å². The number of benzene rings is 1. The van der Waals surface area contributed by atoms with Crippen molar-refractivity contribution < 1.29 is 22.8 Å². The molecule has 0 unspecified atom stereocenters. The Hall–Kier alpha value is -2.81. The second kappa shape index (κ2) is 9.80. The van der Waals surface area contributed by atoms with Gasteiger partial charge in [0.2, 0.25) is 11.8 Å². The third-order valence-corrected chi connectivity index (χ3v) is 5.11. The van der Waals surface area contributed by atoms with Gasteiger partial charge in [-0.05, 0) is 18.6 Å². The lowest BCUT2D eigenvalue weighted by Crippen LogP contribution is -2.39. The standard InChI is InChI=1S/C21H26F2N4O3/c1-25(2)20(29)14-26-9-4-10-27(12-11-26)19(28)8-7-18-24-13-17(30-18)21-15(22)5-3-6-16(21)23/h3,5-6,13H,4,7-12,14H2,1-2H3. The Bertz CT molecular complexity index is 880. The average Bonchev–Trinajstić information content (AvgIpc) is 3.03. The fraction of sp³-hybridized carbons (Fsp3) is 0.476. The molecule has 1 aliphatic rings. The van der Waals surface area contributed by atoms with E-state index in [-0.39, 0.29) is 41.9 Å². The van der Waals surface area contributed by atoms with E-state index in [0.29, 0.717) is 26.2 Å². The zero-order chi connectivity index (χ0) is 21.7. The van der Waals surface area contributed by atoms with Crippen LogP contribution in [0.15, 0.2) is 28.8 Å². The molecule has 3 rings (SSSR count). The number of halogens is 2. The van der Waals surface area contributed by atoms with Gasteiger partial charge in [0.25, 0.3) is 0 Å². The van der Waals surface area contributed by atoms with E-state index in [9.17, 15) is 18.4 Å². The smallest absolute Gasteiger partial charge is 0.236 e. The van der Waals surface area contributed by atoms with Crippen LogP contribution < -0.4 is 0 Å². The molecule has 0 spiro atoms. The Morgan fingerprint density at radius 2 is 1.87 bits per heavy atom. The van der Waals surface area contributed by atoms with Gasteiger partial charge in [0.15, 0.2) is 11.7 Å². The van der Waals surface area contributed by atoms with Crippen LogP contribution in [0.25, 0.3) is 11.3 Å². The third kappa shape index (κ3) is 5.41. The van der Waals surface area contributed by atoms with Crippen LogP contribution in [-0.4, -0.2) is 78.3 Å². The summed E-state index contributed by atoms with van der Waals surface area (Å²) in [6.45, 7) is 2.93. The SMILES string of the molecule is CN(C)C(=O)CN1CCCN(C(=O)CCc2ncc(-c3c(F)cccc3F)o2)CC1. The van der Waals surface area contributed by atoms with Gasteiger partial charge in [0, 0.05) is 53.1 Å². The summed E-state index contributed by atoms with van der Waals surface area (Å²) in [5.41, 5.74) is -0.262. The summed E-state index contributed by atoms with van der Waals surface area (Å²) >= 11 is 0. The van der Waals surface area contributed by atoms with E-state index >= 15 is 0 Å². The van der Waals surface area contributed by atoms with Crippen molar-refractivity contribution >= 4 is 11.8 Å². The molecule has 2 amide bonds. The fourth-order valence-corrected chi connectivity index (χ4v) is 3.36. The number of aryl methyl sites for hydroxylation is 1. The van der Waals surface area contributed by atoms with Gasteiger partial charge < -0.3 is 14.2 Å². The van der Waals surface area contributed by atoms with Crippen LogP contribution >= 0.6 is 0 Å². The van der Waals surface area contributed by atoms with Crippen LogP contribution in [0, 0.1) is 11.6 Å². The Balaban J connectivity index is 1.53. The molecular weight excluding hydrogens is 394 g/mol. The summed E-state index contributed by atoms with van der Waals surface area (Å²) in [5.74, 6) is -1.18. The van der Waals surface area contributed by atoms with Gasteiger partial charge in [-0.1, -0.05) is 6.07 Å². The molecule has 1 aliphatic heterocycles. The monoisotopic (exact) mass is 420 g/mol. The van der Waals surface area contributed by atoms with Gasteiger partial charge in [-0.15, -0.1) is 0 Å². The molecule has 1 saturated heterocycles. The highest BCUT2D eigenvalue weighted by Crippen LogP contribution is 2.26. The first-order valence-corrected chi connectivity index (χ1v) is 9.94. The van der Waals surface area contributed by atoms with Crippen molar-refractivity contribution in [3.8, 4) is 11.3 Å². The molecule has 2 aromatic rings. The first-order valence-electron chi connectivity index (χ1n) is 9.94.